The summed E-state index contributed by atoms with van der Waals surface area (Å²) in [6.45, 7) is 4.30. The van der Waals surface area contributed by atoms with Gasteiger partial charge in [-0.2, -0.15) is 0 Å². The van der Waals surface area contributed by atoms with E-state index in [2.05, 4.69) is 38.8 Å². The van der Waals surface area contributed by atoms with E-state index in [9.17, 15) is 0 Å². The second-order valence-corrected chi connectivity index (χ2v) is 7.56. The molecule has 1 aromatic carbocycles. The Morgan fingerprint density at radius 2 is 1.92 bits per heavy atom. The lowest BCUT2D eigenvalue weighted by atomic mass is 10.2. The molecule has 0 N–H and O–H groups in total. The average Bonchev–Trinajstić information content (AvgIpc) is 3.22. The van der Waals surface area contributed by atoms with Gasteiger partial charge in [0, 0.05) is 17.5 Å². The van der Waals surface area contributed by atoms with Gasteiger partial charge in [-0.15, -0.1) is 20.4 Å². The molecule has 8 heteroatoms. The molecule has 0 unspecified atom stereocenters. The Balaban J connectivity index is 1.47. The predicted molar refractivity (Wildman–Crippen MR) is 98.2 cm³/mol. The number of methoxy groups -OCH3 is 1. The molecule has 0 bridgehead atoms. The maximum absolute atomic E-state index is 5.79. The topological polar surface area (TPSA) is 78.9 Å². The first-order chi connectivity index (χ1) is 12.7. The number of nitrogens with zero attached hydrogens (tertiary/aromatic N) is 5. The van der Waals surface area contributed by atoms with Gasteiger partial charge >= 0.3 is 0 Å². The molecule has 0 spiro atoms. The van der Waals surface area contributed by atoms with Crippen LogP contribution in [0.1, 0.15) is 50.4 Å². The highest BCUT2D eigenvalue weighted by atomic mass is 32.2. The van der Waals surface area contributed by atoms with Crippen LogP contribution in [0.2, 0.25) is 0 Å². The van der Waals surface area contributed by atoms with Crippen molar-refractivity contribution < 1.29 is 9.15 Å². The number of hydrogen-bond donors (Lipinski definition) is 0. The molecule has 0 atom stereocenters. The van der Waals surface area contributed by atoms with Gasteiger partial charge in [0.1, 0.15) is 11.6 Å². The second kappa shape index (κ2) is 7.11. The molecule has 7 nitrogen and oxygen atoms in total. The summed E-state index contributed by atoms with van der Waals surface area (Å²) in [5.74, 6) is 3.88. The molecule has 0 amide bonds. The van der Waals surface area contributed by atoms with E-state index in [4.69, 9.17) is 9.15 Å². The van der Waals surface area contributed by atoms with Gasteiger partial charge in [-0.05, 0) is 37.1 Å². The van der Waals surface area contributed by atoms with Crippen molar-refractivity contribution in [3.63, 3.8) is 0 Å². The SMILES string of the molecule is COc1ccc(-c2nnc(CSc3nnc(C(C)C)n3C3CC3)o2)cc1. The number of rotatable bonds is 7. The Bertz CT molecular complexity index is 883. The largest absolute Gasteiger partial charge is 0.497 e. The summed E-state index contributed by atoms with van der Waals surface area (Å²) in [6, 6.07) is 8.10. The maximum atomic E-state index is 5.79. The minimum atomic E-state index is 0.363. The van der Waals surface area contributed by atoms with Crippen LogP contribution >= 0.6 is 11.8 Å². The molecule has 0 aliphatic heterocycles. The highest BCUT2D eigenvalue weighted by Crippen LogP contribution is 2.40. The standard InChI is InChI=1S/C18H21N5O2S/c1-11(2)16-20-22-18(23(16)13-6-7-13)26-10-15-19-21-17(25-15)12-4-8-14(24-3)9-5-12/h4-5,8-9,11,13H,6-7,10H2,1-3H3. The highest BCUT2D eigenvalue weighted by molar-refractivity contribution is 7.98. The Morgan fingerprint density at radius 3 is 2.58 bits per heavy atom. The average molecular weight is 371 g/mol. The fourth-order valence-corrected chi connectivity index (χ4v) is 3.59. The zero-order valence-electron chi connectivity index (χ0n) is 15.0. The summed E-state index contributed by atoms with van der Waals surface area (Å²) in [4.78, 5) is 0. The van der Waals surface area contributed by atoms with Crippen LogP contribution < -0.4 is 4.74 Å². The molecule has 136 valence electrons. The summed E-state index contributed by atoms with van der Waals surface area (Å²) in [7, 11) is 1.64. The van der Waals surface area contributed by atoms with Crippen LogP contribution in [0, 0.1) is 0 Å². The summed E-state index contributed by atoms with van der Waals surface area (Å²) in [5, 5.41) is 18.0. The second-order valence-electron chi connectivity index (χ2n) is 6.61. The lowest BCUT2D eigenvalue weighted by Gasteiger charge is -2.09. The number of thioether (sulfide) groups is 1. The smallest absolute Gasteiger partial charge is 0.247 e. The van der Waals surface area contributed by atoms with E-state index >= 15 is 0 Å². The van der Waals surface area contributed by atoms with Crippen molar-refractivity contribution in [3.8, 4) is 17.2 Å². The molecule has 3 aromatic rings. The lowest BCUT2D eigenvalue weighted by molar-refractivity contribution is 0.415. The minimum absolute atomic E-state index is 0.363. The van der Waals surface area contributed by atoms with Crippen molar-refractivity contribution >= 4 is 11.8 Å². The number of ether oxygens (including phenoxy) is 1. The molecule has 26 heavy (non-hydrogen) atoms. The molecular formula is C18H21N5O2S. The third-order valence-corrected chi connectivity index (χ3v) is 5.18. The van der Waals surface area contributed by atoms with Crippen molar-refractivity contribution in [1.29, 1.82) is 0 Å². The van der Waals surface area contributed by atoms with Crippen molar-refractivity contribution in [2.75, 3.05) is 7.11 Å². The Labute approximate surface area is 156 Å². The lowest BCUT2D eigenvalue weighted by Crippen LogP contribution is -2.04. The van der Waals surface area contributed by atoms with Crippen LogP contribution in [0.4, 0.5) is 0 Å². The minimum Gasteiger partial charge on any atom is -0.497 e. The van der Waals surface area contributed by atoms with Gasteiger partial charge in [0.25, 0.3) is 0 Å². The molecule has 2 heterocycles. The predicted octanol–water partition coefficient (Wildman–Crippen LogP) is 4.09. The van der Waals surface area contributed by atoms with Crippen LogP contribution in [-0.2, 0) is 5.75 Å². The molecule has 1 aliphatic rings. The first-order valence-electron chi connectivity index (χ1n) is 8.70. The first kappa shape index (κ1) is 17.1. The Kier molecular flexibility index (Phi) is 4.67. The van der Waals surface area contributed by atoms with Crippen molar-refractivity contribution in [3.05, 3.63) is 36.0 Å². The number of aromatic nitrogens is 5. The molecule has 1 saturated carbocycles. The molecule has 2 aromatic heterocycles. The third kappa shape index (κ3) is 3.46. The normalized spacial score (nSPS) is 14.2. The fraction of sp³-hybridized carbons (Fsp3) is 0.444. The Hall–Kier alpha value is -2.35. The Morgan fingerprint density at radius 1 is 1.15 bits per heavy atom. The quantitative estimate of drug-likeness (QED) is 0.579. The van der Waals surface area contributed by atoms with Gasteiger partial charge in [0.2, 0.25) is 11.8 Å². The van der Waals surface area contributed by atoms with Gasteiger partial charge in [-0.1, -0.05) is 25.6 Å². The van der Waals surface area contributed by atoms with E-state index in [-0.39, 0.29) is 0 Å². The summed E-state index contributed by atoms with van der Waals surface area (Å²) in [6.07, 6.45) is 2.40. The van der Waals surface area contributed by atoms with Crippen LogP contribution in [0.25, 0.3) is 11.5 Å². The zero-order chi connectivity index (χ0) is 18.1. The monoisotopic (exact) mass is 371 g/mol. The molecule has 0 saturated heterocycles. The summed E-state index contributed by atoms with van der Waals surface area (Å²) in [5.41, 5.74) is 0.873. The number of hydrogen-bond acceptors (Lipinski definition) is 7. The van der Waals surface area contributed by atoms with Crippen molar-refractivity contribution in [2.24, 2.45) is 0 Å². The molecule has 0 radical (unpaired) electrons. The van der Waals surface area contributed by atoms with E-state index in [1.165, 1.54) is 12.8 Å². The first-order valence-corrected chi connectivity index (χ1v) is 9.68. The van der Waals surface area contributed by atoms with Crippen LogP contribution in [0.15, 0.2) is 33.8 Å². The molecule has 1 fully saturated rings. The van der Waals surface area contributed by atoms with Gasteiger partial charge in [-0.3, -0.25) is 0 Å². The van der Waals surface area contributed by atoms with Gasteiger partial charge in [0.05, 0.1) is 12.9 Å². The van der Waals surface area contributed by atoms with Gasteiger partial charge < -0.3 is 13.7 Å². The van der Waals surface area contributed by atoms with Gasteiger partial charge in [0.15, 0.2) is 5.16 Å². The highest BCUT2D eigenvalue weighted by Gasteiger charge is 2.30. The van der Waals surface area contributed by atoms with E-state index in [1.54, 1.807) is 18.9 Å². The van der Waals surface area contributed by atoms with E-state index in [0.29, 0.717) is 29.5 Å². The number of benzene rings is 1. The fourth-order valence-electron chi connectivity index (χ4n) is 2.74. The molecule has 1 aliphatic carbocycles. The molecule has 4 rings (SSSR count). The van der Waals surface area contributed by atoms with Gasteiger partial charge in [-0.25, -0.2) is 0 Å². The third-order valence-electron chi connectivity index (χ3n) is 4.25. The summed E-state index contributed by atoms with van der Waals surface area (Å²) < 4.78 is 13.2. The maximum Gasteiger partial charge on any atom is 0.247 e. The van der Waals surface area contributed by atoms with E-state index < -0.39 is 0 Å². The van der Waals surface area contributed by atoms with Crippen molar-refractivity contribution in [2.45, 2.75) is 49.6 Å². The van der Waals surface area contributed by atoms with Crippen LogP contribution in [0.5, 0.6) is 5.75 Å². The summed E-state index contributed by atoms with van der Waals surface area (Å²) >= 11 is 1.59. The molecular weight excluding hydrogens is 350 g/mol. The van der Waals surface area contributed by atoms with Crippen LogP contribution in [0.3, 0.4) is 0 Å². The zero-order valence-corrected chi connectivity index (χ0v) is 15.9. The van der Waals surface area contributed by atoms with E-state index in [0.717, 1.165) is 22.3 Å². The van der Waals surface area contributed by atoms with Crippen LogP contribution in [-0.4, -0.2) is 32.1 Å². The van der Waals surface area contributed by atoms with E-state index in [1.807, 2.05) is 24.3 Å². The van der Waals surface area contributed by atoms with Crippen molar-refractivity contribution in [1.82, 2.24) is 25.0 Å².